The summed E-state index contributed by atoms with van der Waals surface area (Å²) in [6.45, 7) is 2.68. The molecule has 0 saturated carbocycles. The third-order valence-corrected chi connectivity index (χ3v) is 6.60. The summed E-state index contributed by atoms with van der Waals surface area (Å²) in [4.78, 5) is 20.3. The van der Waals surface area contributed by atoms with E-state index in [4.69, 9.17) is 23.1 Å². The minimum absolute atomic E-state index is 0.0541. The normalized spacial score (nSPS) is 13.0. The van der Waals surface area contributed by atoms with E-state index >= 15 is 0 Å². The average molecular weight is 471 g/mol. The summed E-state index contributed by atoms with van der Waals surface area (Å²) in [7, 11) is 0.116. The van der Waals surface area contributed by atoms with Crippen molar-refractivity contribution in [3.05, 3.63) is 41.2 Å². The SMILES string of the molecule is CCCC(NS(=O)(=O)c1ccccc1)[N+](C)(C)CCNC(=O)c1nc(Cl)c(N)nc1N. The van der Waals surface area contributed by atoms with E-state index in [0.29, 0.717) is 17.4 Å². The first-order valence-corrected chi connectivity index (χ1v) is 11.6. The molecule has 1 aromatic heterocycles. The fourth-order valence-electron chi connectivity index (χ4n) is 2.98. The van der Waals surface area contributed by atoms with Crippen LogP contribution in [0.15, 0.2) is 35.2 Å². The monoisotopic (exact) mass is 470 g/mol. The second-order valence-corrected chi connectivity index (χ2v) is 9.70. The number of nitrogens with one attached hydrogen (secondary N) is 2. The Morgan fingerprint density at radius 3 is 2.42 bits per heavy atom. The van der Waals surface area contributed by atoms with Crippen LogP contribution in [0.25, 0.3) is 0 Å². The molecule has 0 spiro atoms. The third-order valence-electron chi connectivity index (χ3n) is 4.84. The van der Waals surface area contributed by atoms with Gasteiger partial charge in [0.1, 0.15) is 0 Å². The number of benzene rings is 1. The van der Waals surface area contributed by atoms with Crippen LogP contribution >= 0.6 is 11.6 Å². The molecule has 10 nitrogen and oxygen atoms in total. The van der Waals surface area contributed by atoms with E-state index in [0.717, 1.165) is 6.42 Å². The first-order chi connectivity index (χ1) is 14.5. The Labute approximate surface area is 187 Å². The summed E-state index contributed by atoms with van der Waals surface area (Å²) in [5, 5.41) is 2.62. The number of nitrogens with zero attached hydrogens (tertiary/aromatic N) is 3. The molecule has 31 heavy (non-hydrogen) atoms. The zero-order valence-electron chi connectivity index (χ0n) is 17.8. The quantitative estimate of drug-likeness (QED) is 0.300. The maximum absolute atomic E-state index is 12.8. The number of halogens is 1. The fraction of sp³-hybridized carbons (Fsp3) is 0.421. The molecule has 2 rings (SSSR count). The van der Waals surface area contributed by atoms with Crippen molar-refractivity contribution in [2.24, 2.45) is 0 Å². The number of hydrogen-bond acceptors (Lipinski definition) is 7. The summed E-state index contributed by atoms with van der Waals surface area (Å²) in [6, 6.07) is 8.22. The summed E-state index contributed by atoms with van der Waals surface area (Å²) in [6.07, 6.45) is 1.02. The summed E-state index contributed by atoms with van der Waals surface area (Å²) >= 11 is 5.82. The predicted molar refractivity (Wildman–Crippen MR) is 121 cm³/mol. The molecule has 12 heteroatoms. The zero-order valence-corrected chi connectivity index (χ0v) is 19.4. The predicted octanol–water partition coefficient (Wildman–Crippen LogP) is 1.21. The smallest absolute Gasteiger partial charge is 0.273 e. The lowest BCUT2D eigenvalue weighted by Crippen LogP contribution is -2.59. The molecule has 1 heterocycles. The van der Waals surface area contributed by atoms with Gasteiger partial charge in [-0.05, 0) is 18.6 Å². The van der Waals surface area contributed by atoms with Gasteiger partial charge in [-0.2, -0.15) is 4.72 Å². The number of sulfonamides is 1. The van der Waals surface area contributed by atoms with E-state index in [1.807, 2.05) is 21.0 Å². The number of carbonyl (C=O) groups is 1. The fourth-order valence-corrected chi connectivity index (χ4v) is 4.52. The van der Waals surface area contributed by atoms with Gasteiger partial charge >= 0.3 is 0 Å². The van der Waals surface area contributed by atoms with Gasteiger partial charge in [0.25, 0.3) is 5.91 Å². The van der Waals surface area contributed by atoms with Crippen molar-refractivity contribution in [3.8, 4) is 0 Å². The minimum Gasteiger partial charge on any atom is -0.382 e. The Balaban J connectivity index is 2.06. The second-order valence-electron chi connectivity index (χ2n) is 7.63. The number of rotatable bonds is 10. The summed E-state index contributed by atoms with van der Waals surface area (Å²) < 4.78 is 28.7. The molecule has 0 saturated heterocycles. The van der Waals surface area contributed by atoms with Crippen molar-refractivity contribution in [1.82, 2.24) is 20.0 Å². The van der Waals surface area contributed by atoms with Gasteiger partial charge in [-0.15, -0.1) is 0 Å². The highest BCUT2D eigenvalue weighted by molar-refractivity contribution is 7.89. The Hall–Kier alpha value is -2.47. The standard InChI is InChI=1S/C19H28ClN7O3S/c1-4-8-14(26-31(29,30)13-9-6-5-7-10-13)27(2,3)12-11-23-19(28)15-17(21)25-18(22)16(20)24-15/h5-7,9-10,14,26H,4,8,11-12H2,1-3H3,(H4-,21,22,23,25,28)/p+1. The maximum atomic E-state index is 12.8. The molecule has 0 aliphatic rings. The molecule has 0 bridgehead atoms. The number of nitrogen functional groups attached to an aromatic ring is 2. The van der Waals surface area contributed by atoms with Gasteiger partial charge in [-0.25, -0.2) is 18.4 Å². The number of likely N-dealkylation sites (N-methyl/N-ethyl adjacent to an activating group) is 1. The van der Waals surface area contributed by atoms with Crippen LogP contribution < -0.4 is 21.5 Å². The minimum atomic E-state index is -3.68. The molecule has 0 aliphatic carbocycles. The first-order valence-electron chi connectivity index (χ1n) is 9.74. The molecule has 0 fully saturated rings. The van der Waals surface area contributed by atoms with Crippen LogP contribution in [-0.2, 0) is 10.0 Å². The lowest BCUT2D eigenvalue weighted by atomic mass is 10.2. The van der Waals surface area contributed by atoms with Crippen molar-refractivity contribution >= 4 is 39.2 Å². The molecule has 1 aromatic carbocycles. The Bertz CT molecular complexity index is 1020. The number of nitrogens with two attached hydrogens (primary N) is 2. The zero-order chi connectivity index (χ0) is 23.2. The molecule has 0 aliphatic heterocycles. The number of anilines is 2. The topological polar surface area (TPSA) is 153 Å². The van der Waals surface area contributed by atoms with Crippen LogP contribution in [-0.4, -0.2) is 62.1 Å². The summed E-state index contributed by atoms with van der Waals surface area (Å²) in [5.74, 6) is -0.710. The van der Waals surface area contributed by atoms with E-state index in [1.54, 1.807) is 30.3 Å². The highest BCUT2D eigenvalue weighted by atomic mass is 35.5. The highest BCUT2D eigenvalue weighted by Gasteiger charge is 2.32. The molecule has 170 valence electrons. The number of hydrogen-bond donors (Lipinski definition) is 4. The van der Waals surface area contributed by atoms with Gasteiger partial charge in [0, 0.05) is 6.42 Å². The van der Waals surface area contributed by atoms with E-state index in [1.165, 1.54) is 0 Å². The number of aromatic nitrogens is 2. The van der Waals surface area contributed by atoms with Crippen LogP contribution in [0, 0.1) is 0 Å². The third kappa shape index (κ3) is 6.50. The lowest BCUT2D eigenvalue weighted by Gasteiger charge is -2.38. The van der Waals surface area contributed by atoms with Gasteiger partial charge in [0.2, 0.25) is 10.0 Å². The van der Waals surface area contributed by atoms with Crippen molar-refractivity contribution in [2.75, 3.05) is 38.7 Å². The second kappa shape index (κ2) is 10.2. The number of carbonyl (C=O) groups excluding carboxylic acids is 1. The molecule has 2 aromatic rings. The average Bonchev–Trinajstić information content (AvgIpc) is 2.70. The van der Waals surface area contributed by atoms with Gasteiger partial charge in [-0.1, -0.05) is 36.7 Å². The van der Waals surface area contributed by atoms with Crippen LogP contribution in [0.2, 0.25) is 5.15 Å². The molecule has 1 amide bonds. The Kier molecular flexibility index (Phi) is 8.18. The Morgan fingerprint density at radius 2 is 1.81 bits per heavy atom. The Morgan fingerprint density at radius 1 is 1.16 bits per heavy atom. The van der Waals surface area contributed by atoms with Gasteiger partial charge in [-0.3, -0.25) is 4.79 Å². The van der Waals surface area contributed by atoms with Crippen LogP contribution in [0.4, 0.5) is 11.6 Å². The van der Waals surface area contributed by atoms with E-state index in [-0.39, 0.29) is 40.1 Å². The van der Waals surface area contributed by atoms with Crippen molar-refractivity contribution in [2.45, 2.75) is 30.8 Å². The molecule has 1 unspecified atom stereocenters. The van der Waals surface area contributed by atoms with Gasteiger partial charge in [0.15, 0.2) is 28.6 Å². The van der Waals surface area contributed by atoms with Crippen molar-refractivity contribution in [1.29, 1.82) is 0 Å². The lowest BCUT2D eigenvalue weighted by molar-refractivity contribution is -0.916. The van der Waals surface area contributed by atoms with Crippen LogP contribution in [0.1, 0.15) is 30.3 Å². The van der Waals surface area contributed by atoms with Gasteiger partial charge in [0.05, 0.1) is 32.1 Å². The van der Waals surface area contributed by atoms with E-state index in [9.17, 15) is 13.2 Å². The van der Waals surface area contributed by atoms with Crippen molar-refractivity contribution < 1.29 is 17.7 Å². The van der Waals surface area contributed by atoms with E-state index in [2.05, 4.69) is 20.0 Å². The van der Waals surface area contributed by atoms with E-state index < -0.39 is 15.9 Å². The molecular formula is C19H29ClN7O3S+. The molecule has 1 atom stereocenters. The van der Waals surface area contributed by atoms with Crippen LogP contribution in [0.3, 0.4) is 0 Å². The van der Waals surface area contributed by atoms with Gasteiger partial charge < -0.3 is 21.3 Å². The number of quaternary nitrogens is 1. The molecule has 0 radical (unpaired) electrons. The highest BCUT2D eigenvalue weighted by Crippen LogP contribution is 2.18. The molecular weight excluding hydrogens is 442 g/mol. The molecule has 6 N–H and O–H groups in total. The largest absolute Gasteiger partial charge is 0.382 e. The summed E-state index contributed by atoms with van der Waals surface area (Å²) in [5.41, 5.74) is 11.1. The number of amides is 1. The van der Waals surface area contributed by atoms with Crippen LogP contribution in [0.5, 0.6) is 0 Å². The first kappa shape index (κ1) is 24.8. The van der Waals surface area contributed by atoms with Crippen molar-refractivity contribution in [3.63, 3.8) is 0 Å². The maximum Gasteiger partial charge on any atom is 0.273 e.